The first-order valence-corrected chi connectivity index (χ1v) is 11.0. The average molecular weight is 421 g/mol. The van der Waals surface area contributed by atoms with Crippen LogP contribution in [0.25, 0.3) is 22.4 Å². The molecule has 1 aliphatic rings. The lowest BCUT2D eigenvalue weighted by atomic mass is 9.96. The number of benzene rings is 1. The highest BCUT2D eigenvalue weighted by molar-refractivity contribution is 5.81. The quantitative estimate of drug-likeness (QED) is 0.639. The summed E-state index contributed by atoms with van der Waals surface area (Å²) in [4.78, 5) is 21.2. The van der Waals surface area contributed by atoms with E-state index in [1.54, 1.807) is 12.1 Å². The molecule has 3 heterocycles. The summed E-state index contributed by atoms with van der Waals surface area (Å²) in [5, 5.41) is 3.39. The van der Waals surface area contributed by atoms with Gasteiger partial charge in [-0.3, -0.25) is 0 Å². The SMILES string of the molecule is CCN(CC)c1ncc(-c2ccc(F)cc2)c(-c2cnc(C3CCNCC3)nc2C)n1. The summed E-state index contributed by atoms with van der Waals surface area (Å²) < 4.78 is 13.5. The van der Waals surface area contributed by atoms with Crippen LogP contribution in [0.5, 0.6) is 0 Å². The van der Waals surface area contributed by atoms with Gasteiger partial charge in [0.1, 0.15) is 11.6 Å². The lowest BCUT2D eigenvalue weighted by molar-refractivity contribution is 0.444. The Morgan fingerprint density at radius 1 is 0.968 bits per heavy atom. The van der Waals surface area contributed by atoms with Crippen molar-refractivity contribution in [3.63, 3.8) is 0 Å². The summed E-state index contributed by atoms with van der Waals surface area (Å²) in [6, 6.07) is 6.43. The molecule has 0 atom stereocenters. The molecule has 1 aliphatic heterocycles. The Labute approximate surface area is 183 Å². The van der Waals surface area contributed by atoms with Gasteiger partial charge in [0.05, 0.1) is 11.4 Å². The second-order valence-corrected chi connectivity index (χ2v) is 7.86. The number of aryl methyl sites for hydroxylation is 1. The molecule has 1 aromatic carbocycles. The predicted molar refractivity (Wildman–Crippen MR) is 122 cm³/mol. The molecular weight excluding hydrogens is 391 g/mol. The van der Waals surface area contributed by atoms with Crippen LogP contribution in [0.4, 0.5) is 10.3 Å². The van der Waals surface area contributed by atoms with Crippen LogP contribution in [0.3, 0.4) is 0 Å². The van der Waals surface area contributed by atoms with Crippen molar-refractivity contribution in [2.45, 2.75) is 39.5 Å². The van der Waals surface area contributed by atoms with Gasteiger partial charge in [-0.25, -0.2) is 24.3 Å². The van der Waals surface area contributed by atoms with Gasteiger partial charge in [-0.2, -0.15) is 0 Å². The molecule has 0 aliphatic carbocycles. The zero-order valence-electron chi connectivity index (χ0n) is 18.4. The van der Waals surface area contributed by atoms with Gasteiger partial charge in [-0.15, -0.1) is 0 Å². The van der Waals surface area contributed by atoms with Crippen molar-refractivity contribution in [3.05, 3.63) is 54.0 Å². The van der Waals surface area contributed by atoms with Crippen LogP contribution in [0.2, 0.25) is 0 Å². The van der Waals surface area contributed by atoms with Crippen LogP contribution in [-0.2, 0) is 0 Å². The summed E-state index contributed by atoms with van der Waals surface area (Å²) >= 11 is 0. The maximum Gasteiger partial charge on any atom is 0.225 e. The molecule has 1 saturated heterocycles. The van der Waals surface area contributed by atoms with Gasteiger partial charge < -0.3 is 10.2 Å². The Bertz CT molecular complexity index is 1030. The molecule has 4 rings (SSSR count). The number of rotatable bonds is 6. The van der Waals surface area contributed by atoms with Gasteiger partial charge in [0.25, 0.3) is 0 Å². The number of piperidine rings is 1. The largest absolute Gasteiger partial charge is 0.341 e. The van der Waals surface area contributed by atoms with E-state index >= 15 is 0 Å². The third-order valence-corrected chi connectivity index (χ3v) is 5.93. The molecule has 0 radical (unpaired) electrons. The topological polar surface area (TPSA) is 66.8 Å². The third kappa shape index (κ3) is 4.56. The Morgan fingerprint density at radius 3 is 2.29 bits per heavy atom. The van der Waals surface area contributed by atoms with Crippen molar-refractivity contribution in [1.29, 1.82) is 0 Å². The molecule has 31 heavy (non-hydrogen) atoms. The van der Waals surface area contributed by atoms with E-state index in [4.69, 9.17) is 15.0 Å². The van der Waals surface area contributed by atoms with Gasteiger partial charge in [0, 0.05) is 42.5 Å². The molecular formula is C24H29FN6. The Kier molecular flexibility index (Phi) is 6.51. The average Bonchev–Trinajstić information content (AvgIpc) is 2.81. The summed E-state index contributed by atoms with van der Waals surface area (Å²) in [6.07, 6.45) is 5.82. The molecule has 0 unspecified atom stereocenters. The highest BCUT2D eigenvalue weighted by Crippen LogP contribution is 2.33. The number of anilines is 1. The molecule has 7 heteroatoms. The van der Waals surface area contributed by atoms with Crippen molar-refractivity contribution < 1.29 is 4.39 Å². The van der Waals surface area contributed by atoms with E-state index < -0.39 is 0 Å². The smallest absolute Gasteiger partial charge is 0.225 e. The first kappa shape index (κ1) is 21.3. The van der Waals surface area contributed by atoms with Gasteiger partial charge in [0.2, 0.25) is 5.95 Å². The zero-order valence-corrected chi connectivity index (χ0v) is 18.4. The molecule has 0 saturated carbocycles. The second-order valence-electron chi connectivity index (χ2n) is 7.86. The standard InChI is InChI=1S/C24H29FN6/c1-4-31(5-2)24-28-15-21(17-6-8-19(25)9-7-17)22(30-24)20-14-27-23(29-16(20)3)18-10-12-26-13-11-18/h6-9,14-15,18,26H,4-5,10-13H2,1-3H3. The van der Waals surface area contributed by atoms with Crippen molar-refractivity contribution >= 4 is 5.95 Å². The number of hydrogen-bond acceptors (Lipinski definition) is 6. The van der Waals surface area contributed by atoms with Crippen LogP contribution in [0, 0.1) is 12.7 Å². The summed E-state index contributed by atoms with van der Waals surface area (Å²) in [5.74, 6) is 1.70. The van der Waals surface area contributed by atoms with Gasteiger partial charge in [0.15, 0.2) is 0 Å². The summed E-state index contributed by atoms with van der Waals surface area (Å²) in [6.45, 7) is 9.82. The summed E-state index contributed by atoms with van der Waals surface area (Å²) in [7, 11) is 0. The van der Waals surface area contributed by atoms with Crippen LogP contribution >= 0.6 is 0 Å². The maximum absolute atomic E-state index is 13.5. The first-order chi connectivity index (χ1) is 15.1. The lowest BCUT2D eigenvalue weighted by Crippen LogP contribution is -2.27. The van der Waals surface area contributed by atoms with Crippen LogP contribution in [0.15, 0.2) is 36.7 Å². The normalized spacial score (nSPS) is 14.6. The van der Waals surface area contributed by atoms with Gasteiger partial charge in [-0.05, 0) is 64.4 Å². The third-order valence-electron chi connectivity index (χ3n) is 5.93. The minimum Gasteiger partial charge on any atom is -0.341 e. The van der Waals surface area contributed by atoms with Crippen LogP contribution in [-0.4, -0.2) is 46.1 Å². The van der Waals surface area contributed by atoms with Gasteiger partial charge in [-0.1, -0.05) is 12.1 Å². The van der Waals surface area contributed by atoms with Crippen LogP contribution in [0.1, 0.15) is 44.1 Å². The fourth-order valence-electron chi connectivity index (χ4n) is 4.07. The van der Waals surface area contributed by atoms with E-state index in [-0.39, 0.29) is 5.82 Å². The number of halogens is 1. The molecule has 0 amide bonds. The van der Waals surface area contributed by atoms with Crippen molar-refractivity contribution in [3.8, 4) is 22.4 Å². The van der Waals surface area contributed by atoms with E-state index in [9.17, 15) is 4.39 Å². The molecule has 1 N–H and O–H groups in total. The number of nitrogens with one attached hydrogen (secondary N) is 1. The maximum atomic E-state index is 13.5. The minimum atomic E-state index is -0.267. The van der Waals surface area contributed by atoms with E-state index in [0.29, 0.717) is 11.9 Å². The number of nitrogens with zero attached hydrogens (tertiary/aromatic N) is 5. The predicted octanol–water partition coefficient (Wildman–Crippen LogP) is 4.36. The number of hydrogen-bond donors (Lipinski definition) is 1. The van der Waals surface area contributed by atoms with Gasteiger partial charge >= 0.3 is 0 Å². The van der Waals surface area contributed by atoms with E-state index in [1.807, 2.05) is 19.3 Å². The van der Waals surface area contributed by atoms with Crippen LogP contribution < -0.4 is 10.2 Å². The van der Waals surface area contributed by atoms with E-state index in [1.165, 1.54) is 12.1 Å². The Balaban J connectivity index is 1.80. The molecule has 0 bridgehead atoms. The molecule has 6 nitrogen and oxygen atoms in total. The van der Waals surface area contributed by atoms with E-state index in [2.05, 4.69) is 29.0 Å². The number of aromatic nitrogens is 4. The highest BCUT2D eigenvalue weighted by Gasteiger charge is 2.21. The molecule has 0 spiro atoms. The van der Waals surface area contributed by atoms with Crippen molar-refractivity contribution in [1.82, 2.24) is 25.3 Å². The minimum absolute atomic E-state index is 0.267. The Hall–Kier alpha value is -2.93. The monoisotopic (exact) mass is 420 g/mol. The first-order valence-electron chi connectivity index (χ1n) is 11.0. The highest BCUT2D eigenvalue weighted by atomic mass is 19.1. The second kappa shape index (κ2) is 9.47. The summed E-state index contributed by atoms with van der Waals surface area (Å²) in [5.41, 5.74) is 4.27. The van der Waals surface area contributed by atoms with Crippen molar-refractivity contribution in [2.75, 3.05) is 31.1 Å². The lowest BCUT2D eigenvalue weighted by Gasteiger charge is -2.22. The fraction of sp³-hybridized carbons (Fsp3) is 0.417. The Morgan fingerprint density at radius 2 is 1.65 bits per heavy atom. The molecule has 3 aromatic rings. The molecule has 1 fully saturated rings. The molecule has 2 aromatic heterocycles. The van der Waals surface area contributed by atoms with Crippen molar-refractivity contribution in [2.24, 2.45) is 0 Å². The molecule has 162 valence electrons. The van der Waals surface area contributed by atoms with E-state index in [0.717, 1.165) is 72.9 Å². The zero-order chi connectivity index (χ0) is 21.8. The fourth-order valence-corrected chi connectivity index (χ4v) is 4.07.